The molecule has 0 bridgehead atoms. The lowest BCUT2D eigenvalue weighted by molar-refractivity contribution is -0.190. The molecule has 44 heavy (non-hydrogen) atoms. The van der Waals surface area contributed by atoms with Crippen molar-refractivity contribution in [1.29, 1.82) is 0 Å². The van der Waals surface area contributed by atoms with Crippen LogP contribution in [0.1, 0.15) is 66.2 Å². The van der Waals surface area contributed by atoms with E-state index in [1.54, 1.807) is 0 Å². The molecule has 0 aliphatic carbocycles. The smallest absolute Gasteiger partial charge is 0.374 e. The summed E-state index contributed by atoms with van der Waals surface area (Å²) in [7, 11) is -10.4. The molecule has 2 aromatic rings. The molecule has 4 atom stereocenters. The molecule has 12 heteroatoms. The molecule has 1 heterocycles. The number of unbranched alkanes of at least 4 members (excludes halogenated alkanes) is 2. The van der Waals surface area contributed by atoms with Gasteiger partial charge in [0.15, 0.2) is 5.79 Å². The van der Waals surface area contributed by atoms with Crippen LogP contribution in [0.4, 0.5) is 0 Å². The SMILES string of the molecule is CCOC1(C(N)CCCCN)C[Si](OCC)(C(N)CCCCN)[Si](OCC)(OCC)[Si](c2ccccc2)(c2ccccc2)O1. The molecule has 1 saturated heterocycles. The fourth-order valence-electron chi connectivity index (χ4n) is 7.04. The van der Waals surface area contributed by atoms with Crippen molar-refractivity contribution in [3.63, 3.8) is 0 Å². The van der Waals surface area contributed by atoms with Gasteiger partial charge < -0.3 is 45.4 Å². The highest BCUT2D eigenvalue weighted by Gasteiger charge is 2.84. The number of benzene rings is 2. The third-order valence-electron chi connectivity index (χ3n) is 8.80. The zero-order chi connectivity index (χ0) is 32.1. The van der Waals surface area contributed by atoms with Crippen molar-refractivity contribution in [1.82, 2.24) is 0 Å². The molecule has 2 aromatic carbocycles. The van der Waals surface area contributed by atoms with E-state index in [1.165, 1.54) is 0 Å². The lowest BCUT2D eigenvalue weighted by atomic mass is 10.0. The maximum atomic E-state index is 7.82. The highest BCUT2D eigenvalue weighted by molar-refractivity contribution is 7.68. The van der Waals surface area contributed by atoms with Crippen LogP contribution < -0.4 is 33.3 Å². The Morgan fingerprint density at radius 1 is 0.705 bits per heavy atom. The van der Waals surface area contributed by atoms with Crippen molar-refractivity contribution in [2.24, 2.45) is 22.9 Å². The van der Waals surface area contributed by atoms with Crippen molar-refractivity contribution >= 4 is 33.6 Å². The minimum Gasteiger partial charge on any atom is -0.412 e. The van der Waals surface area contributed by atoms with E-state index in [0.29, 0.717) is 52.0 Å². The monoisotopic (exact) mass is 662 g/mol. The third-order valence-corrected chi connectivity index (χ3v) is 37.4. The molecule has 0 spiro atoms. The maximum absolute atomic E-state index is 7.82. The molecule has 0 radical (unpaired) electrons. The third kappa shape index (κ3) is 7.16. The molecule has 9 nitrogen and oxygen atoms in total. The first-order valence-electron chi connectivity index (χ1n) is 16.6. The standard InChI is InChI=1S/C32H58N4O5Si3/c1-5-37-32(30(35)23-15-17-25-33)27-42(38-6-2,31(36)24-16-18-26-34)44(39-7-3,40-8-4)43(41-32,28-19-11-9-12-20-28)29-21-13-10-14-22-29/h9-14,19-22,30-31H,5-8,15-18,23-27,33-36H2,1-4H3. The summed E-state index contributed by atoms with van der Waals surface area (Å²) in [4.78, 5) is 0. The fourth-order valence-corrected chi connectivity index (χ4v) is 43.3. The van der Waals surface area contributed by atoms with Gasteiger partial charge in [-0.3, -0.25) is 0 Å². The molecule has 1 aliphatic heterocycles. The Kier molecular flexibility index (Phi) is 14.9. The van der Waals surface area contributed by atoms with E-state index in [1.807, 2.05) is 39.8 Å². The zero-order valence-electron chi connectivity index (χ0n) is 27.5. The quantitative estimate of drug-likeness (QED) is 0.124. The summed E-state index contributed by atoms with van der Waals surface area (Å²) in [6, 6.07) is 21.0. The zero-order valence-corrected chi connectivity index (χ0v) is 30.5. The molecule has 248 valence electrons. The van der Waals surface area contributed by atoms with Crippen LogP contribution in [-0.4, -0.2) is 80.3 Å². The van der Waals surface area contributed by atoms with Crippen LogP contribution in [0, 0.1) is 0 Å². The van der Waals surface area contributed by atoms with Crippen molar-refractivity contribution in [3.05, 3.63) is 60.7 Å². The van der Waals surface area contributed by atoms with Gasteiger partial charge >= 0.3 is 15.4 Å². The largest absolute Gasteiger partial charge is 0.412 e. The highest BCUT2D eigenvalue weighted by atomic mass is 29.7. The second kappa shape index (κ2) is 17.6. The van der Waals surface area contributed by atoms with E-state index in [4.69, 9.17) is 45.4 Å². The summed E-state index contributed by atoms with van der Waals surface area (Å²) in [6.07, 6.45) is 4.96. The van der Waals surface area contributed by atoms with Gasteiger partial charge in [-0.1, -0.05) is 73.5 Å². The van der Waals surface area contributed by atoms with E-state index in [0.717, 1.165) is 42.5 Å². The van der Waals surface area contributed by atoms with Gasteiger partial charge in [-0.15, -0.1) is 0 Å². The first-order chi connectivity index (χ1) is 21.3. The Morgan fingerprint density at radius 3 is 1.66 bits per heavy atom. The van der Waals surface area contributed by atoms with Crippen LogP contribution in [-0.2, 0) is 22.4 Å². The molecule has 4 unspecified atom stereocenters. The van der Waals surface area contributed by atoms with Crippen LogP contribution in [0.2, 0.25) is 6.04 Å². The van der Waals surface area contributed by atoms with Crippen LogP contribution in [0.5, 0.6) is 0 Å². The summed E-state index contributed by atoms with van der Waals surface area (Å²) in [5.74, 6) is -1.15. The van der Waals surface area contributed by atoms with Gasteiger partial charge in [0, 0.05) is 38.1 Å². The Hall–Kier alpha value is -1.27. The second-order valence-corrected chi connectivity index (χ2v) is 29.3. The van der Waals surface area contributed by atoms with Crippen LogP contribution in [0.25, 0.3) is 0 Å². The predicted molar refractivity (Wildman–Crippen MR) is 186 cm³/mol. The van der Waals surface area contributed by atoms with E-state index >= 15 is 0 Å². The van der Waals surface area contributed by atoms with Gasteiger partial charge in [0.05, 0.1) is 6.04 Å². The molecular weight excluding hydrogens is 605 g/mol. The molecule has 1 aliphatic rings. The average Bonchev–Trinajstić information content (AvgIpc) is 3.04. The van der Waals surface area contributed by atoms with Crippen molar-refractivity contribution in [2.45, 2.75) is 89.8 Å². The molecular formula is C32H58N4O5Si3. The van der Waals surface area contributed by atoms with Crippen molar-refractivity contribution < 1.29 is 22.4 Å². The molecule has 0 saturated carbocycles. The van der Waals surface area contributed by atoms with Gasteiger partial charge in [-0.2, -0.15) is 0 Å². The van der Waals surface area contributed by atoms with Gasteiger partial charge in [0.1, 0.15) is 0 Å². The fraction of sp³-hybridized carbons (Fsp3) is 0.625. The topological polar surface area (TPSA) is 150 Å². The minimum absolute atomic E-state index is 0.307. The van der Waals surface area contributed by atoms with E-state index in [-0.39, 0.29) is 5.67 Å². The van der Waals surface area contributed by atoms with Crippen molar-refractivity contribution in [2.75, 3.05) is 39.5 Å². The first kappa shape index (κ1) is 37.2. The maximum Gasteiger partial charge on any atom is 0.374 e. The lowest BCUT2D eigenvalue weighted by Gasteiger charge is -2.63. The summed E-state index contributed by atoms with van der Waals surface area (Å²) < 4.78 is 36.4. The number of hydrogen-bond acceptors (Lipinski definition) is 9. The van der Waals surface area contributed by atoms with Crippen LogP contribution >= 0.6 is 0 Å². The van der Waals surface area contributed by atoms with Gasteiger partial charge in [0.25, 0.3) is 7.83 Å². The van der Waals surface area contributed by atoms with E-state index < -0.39 is 35.1 Å². The van der Waals surface area contributed by atoms with Gasteiger partial charge in [-0.25, -0.2) is 0 Å². The number of rotatable bonds is 20. The Morgan fingerprint density at radius 2 is 1.20 bits per heavy atom. The summed E-state index contributed by atoms with van der Waals surface area (Å²) in [5, 5.41) is 2.12. The Labute approximate surface area is 268 Å². The van der Waals surface area contributed by atoms with Gasteiger partial charge in [0.2, 0.25) is 0 Å². The summed E-state index contributed by atoms with van der Waals surface area (Å²) >= 11 is 0. The van der Waals surface area contributed by atoms with Crippen LogP contribution in [0.3, 0.4) is 0 Å². The Balaban J connectivity index is 2.54. The average molecular weight is 663 g/mol. The Bertz CT molecular complexity index is 1050. The summed E-state index contributed by atoms with van der Waals surface area (Å²) in [5.41, 5.74) is 26.3. The number of nitrogens with two attached hydrogens (primary N) is 4. The lowest BCUT2D eigenvalue weighted by Crippen LogP contribution is -2.98. The minimum atomic E-state index is -3.55. The van der Waals surface area contributed by atoms with E-state index in [9.17, 15) is 0 Å². The van der Waals surface area contributed by atoms with Gasteiger partial charge in [-0.05, 0) is 76.8 Å². The molecule has 0 amide bonds. The molecule has 0 aromatic heterocycles. The van der Waals surface area contributed by atoms with Crippen molar-refractivity contribution in [3.8, 4) is 0 Å². The molecule has 8 N–H and O–H groups in total. The highest BCUT2D eigenvalue weighted by Crippen LogP contribution is 2.49. The summed E-state index contributed by atoms with van der Waals surface area (Å²) in [6.45, 7) is 11.1. The van der Waals surface area contributed by atoms with Crippen LogP contribution in [0.15, 0.2) is 60.7 Å². The molecule has 3 rings (SSSR count). The second-order valence-electron chi connectivity index (χ2n) is 11.5. The number of hydrogen-bond donors (Lipinski definition) is 4. The predicted octanol–water partition coefficient (Wildman–Crippen LogP) is 2.62. The number of ether oxygens (including phenoxy) is 1. The van der Waals surface area contributed by atoms with E-state index in [2.05, 4.69) is 48.5 Å². The normalized spacial score (nSPS) is 24.2. The first-order valence-corrected chi connectivity index (χ1v) is 24.5. The molecule has 1 fully saturated rings.